The third-order valence-corrected chi connectivity index (χ3v) is 3.16. The molecule has 98 valence electrons. The van der Waals surface area contributed by atoms with E-state index in [1.807, 2.05) is 0 Å². The minimum atomic E-state index is 1.30. The van der Waals surface area contributed by atoms with Crippen molar-refractivity contribution >= 4 is 0 Å². The Labute approximate surface area is 104 Å². The first-order valence-electron chi connectivity index (χ1n) is 7.57. The highest BCUT2D eigenvalue weighted by Gasteiger charge is 2.01. The Morgan fingerprint density at radius 1 is 0.500 bits per heavy atom. The molecule has 0 aromatic carbocycles. The predicted molar refractivity (Wildman–Crippen MR) is 75.0 cm³/mol. The van der Waals surface area contributed by atoms with Crippen LogP contribution in [0.3, 0.4) is 0 Å². The van der Waals surface area contributed by atoms with Crippen LogP contribution in [0.1, 0.15) is 78.6 Å². The fraction of sp³-hybridized carbons (Fsp3) is 1.00. The predicted octanol–water partition coefficient (Wildman–Crippen LogP) is 4.86. The van der Waals surface area contributed by atoms with Gasteiger partial charge in [-0.3, -0.25) is 0 Å². The second kappa shape index (κ2) is 13.0. The molecular formula is C15H33N. The molecule has 0 spiro atoms. The highest BCUT2D eigenvalue weighted by Crippen LogP contribution is 2.07. The number of unbranched alkanes of at least 4 members (excludes halogenated alkanes) is 6. The van der Waals surface area contributed by atoms with Crippen molar-refractivity contribution in [1.82, 2.24) is 4.90 Å². The van der Waals surface area contributed by atoms with Gasteiger partial charge in [-0.15, -0.1) is 0 Å². The smallest absolute Gasteiger partial charge is 0.00187 e. The van der Waals surface area contributed by atoms with Crippen molar-refractivity contribution in [1.29, 1.82) is 0 Å². The molecule has 0 heterocycles. The summed E-state index contributed by atoms with van der Waals surface area (Å²) in [5.74, 6) is 0. The molecule has 0 N–H and O–H groups in total. The van der Waals surface area contributed by atoms with Crippen molar-refractivity contribution in [3.63, 3.8) is 0 Å². The van der Waals surface area contributed by atoms with Gasteiger partial charge in [0.1, 0.15) is 0 Å². The molecule has 16 heavy (non-hydrogen) atoms. The fourth-order valence-corrected chi connectivity index (χ4v) is 2.26. The first kappa shape index (κ1) is 16.0. The number of rotatable bonds is 12. The maximum atomic E-state index is 2.63. The SMILES string of the molecule is CCCCCCCCCN(CCC)CCC. The molecule has 0 amide bonds. The van der Waals surface area contributed by atoms with Gasteiger partial charge in [0.25, 0.3) is 0 Å². The Morgan fingerprint density at radius 2 is 1.00 bits per heavy atom. The van der Waals surface area contributed by atoms with Crippen LogP contribution in [0.2, 0.25) is 0 Å². The van der Waals surface area contributed by atoms with E-state index >= 15 is 0 Å². The molecule has 1 heteroatoms. The van der Waals surface area contributed by atoms with Gasteiger partial charge in [0, 0.05) is 0 Å². The van der Waals surface area contributed by atoms with E-state index in [0.717, 1.165) is 0 Å². The van der Waals surface area contributed by atoms with E-state index in [1.54, 1.807) is 0 Å². The van der Waals surface area contributed by atoms with E-state index in [-0.39, 0.29) is 0 Å². The van der Waals surface area contributed by atoms with Gasteiger partial charge in [0.05, 0.1) is 0 Å². The first-order chi connectivity index (χ1) is 7.85. The van der Waals surface area contributed by atoms with Gasteiger partial charge in [-0.25, -0.2) is 0 Å². The topological polar surface area (TPSA) is 3.24 Å². The molecule has 0 fully saturated rings. The molecule has 0 radical (unpaired) electrons. The van der Waals surface area contributed by atoms with Crippen LogP contribution in [0.4, 0.5) is 0 Å². The fourth-order valence-electron chi connectivity index (χ4n) is 2.26. The quantitative estimate of drug-likeness (QED) is 0.430. The zero-order chi connectivity index (χ0) is 12.1. The summed E-state index contributed by atoms with van der Waals surface area (Å²) in [6, 6.07) is 0. The summed E-state index contributed by atoms with van der Waals surface area (Å²) >= 11 is 0. The molecule has 0 rings (SSSR count). The Kier molecular flexibility index (Phi) is 13.0. The van der Waals surface area contributed by atoms with Crippen LogP contribution in [-0.2, 0) is 0 Å². The Hall–Kier alpha value is -0.0400. The lowest BCUT2D eigenvalue weighted by molar-refractivity contribution is 0.267. The van der Waals surface area contributed by atoms with Crippen molar-refractivity contribution < 1.29 is 0 Å². The highest BCUT2D eigenvalue weighted by molar-refractivity contribution is 4.56. The van der Waals surface area contributed by atoms with Crippen molar-refractivity contribution in [2.75, 3.05) is 19.6 Å². The molecular weight excluding hydrogens is 194 g/mol. The third kappa shape index (κ3) is 10.5. The van der Waals surface area contributed by atoms with Crippen molar-refractivity contribution in [2.24, 2.45) is 0 Å². The van der Waals surface area contributed by atoms with E-state index in [2.05, 4.69) is 25.7 Å². The second-order valence-electron chi connectivity index (χ2n) is 4.96. The van der Waals surface area contributed by atoms with Gasteiger partial charge in [-0.1, -0.05) is 59.3 Å². The van der Waals surface area contributed by atoms with Gasteiger partial charge >= 0.3 is 0 Å². The molecule has 0 aromatic heterocycles. The number of hydrogen-bond acceptors (Lipinski definition) is 1. The monoisotopic (exact) mass is 227 g/mol. The lowest BCUT2D eigenvalue weighted by Gasteiger charge is -2.20. The molecule has 0 bridgehead atoms. The van der Waals surface area contributed by atoms with Gasteiger partial charge < -0.3 is 4.90 Å². The van der Waals surface area contributed by atoms with Crippen LogP contribution in [0, 0.1) is 0 Å². The molecule has 0 aliphatic heterocycles. The van der Waals surface area contributed by atoms with Gasteiger partial charge in [0.15, 0.2) is 0 Å². The average molecular weight is 227 g/mol. The standard InChI is InChI=1S/C15H33N/c1-4-7-8-9-10-11-12-15-16(13-5-2)14-6-3/h4-15H2,1-3H3. The number of nitrogens with zero attached hydrogens (tertiary/aromatic N) is 1. The van der Waals surface area contributed by atoms with E-state index < -0.39 is 0 Å². The summed E-state index contributed by atoms with van der Waals surface area (Å²) in [6.45, 7) is 10.8. The van der Waals surface area contributed by atoms with Crippen molar-refractivity contribution in [3.05, 3.63) is 0 Å². The van der Waals surface area contributed by atoms with Crippen molar-refractivity contribution in [2.45, 2.75) is 78.6 Å². The van der Waals surface area contributed by atoms with E-state index in [9.17, 15) is 0 Å². The van der Waals surface area contributed by atoms with Gasteiger partial charge in [0.2, 0.25) is 0 Å². The Morgan fingerprint density at radius 3 is 1.50 bits per heavy atom. The average Bonchev–Trinajstić information content (AvgIpc) is 2.28. The minimum Gasteiger partial charge on any atom is -0.303 e. The van der Waals surface area contributed by atoms with Gasteiger partial charge in [-0.2, -0.15) is 0 Å². The van der Waals surface area contributed by atoms with Crippen LogP contribution in [0.25, 0.3) is 0 Å². The lowest BCUT2D eigenvalue weighted by Crippen LogP contribution is -2.26. The zero-order valence-corrected chi connectivity index (χ0v) is 11.9. The molecule has 0 saturated heterocycles. The first-order valence-corrected chi connectivity index (χ1v) is 7.57. The summed E-state index contributed by atoms with van der Waals surface area (Å²) in [5, 5.41) is 0. The maximum Gasteiger partial charge on any atom is -0.00187 e. The lowest BCUT2D eigenvalue weighted by atomic mass is 10.1. The maximum absolute atomic E-state index is 2.63. The van der Waals surface area contributed by atoms with E-state index in [1.165, 1.54) is 77.4 Å². The van der Waals surface area contributed by atoms with Crippen molar-refractivity contribution in [3.8, 4) is 0 Å². The van der Waals surface area contributed by atoms with Crippen LogP contribution < -0.4 is 0 Å². The second-order valence-corrected chi connectivity index (χ2v) is 4.96. The number of hydrogen-bond donors (Lipinski definition) is 0. The largest absolute Gasteiger partial charge is 0.303 e. The summed E-state index contributed by atoms with van der Waals surface area (Å²) in [7, 11) is 0. The zero-order valence-electron chi connectivity index (χ0n) is 11.9. The minimum absolute atomic E-state index is 1.30. The molecule has 0 unspecified atom stereocenters. The normalized spacial score (nSPS) is 11.2. The Balaban J connectivity index is 3.25. The summed E-state index contributed by atoms with van der Waals surface area (Å²) in [5.41, 5.74) is 0. The molecule has 0 saturated carbocycles. The molecule has 0 aliphatic rings. The summed E-state index contributed by atoms with van der Waals surface area (Å²) < 4.78 is 0. The Bertz CT molecular complexity index is 117. The molecule has 0 aromatic rings. The highest BCUT2D eigenvalue weighted by atomic mass is 15.1. The van der Waals surface area contributed by atoms with E-state index in [4.69, 9.17) is 0 Å². The van der Waals surface area contributed by atoms with Gasteiger partial charge in [-0.05, 0) is 38.9 Å². The van der Waals surface area contributed by atoms with Crippen LogP contribution in [-0.4, -0.2) is 24.5 Å². The van der Waals surface area contributed by atoms with E-state index in [0.29, 0.717) is 0 Å². The van der Waals surface area contributed by atoms with Crippen LogP contribution >= 0.6 is 0 Å². The summed E-state index contributed by atoms with van der Waals surface area (Å²) in [6.07, 6.45) is 12.6. The third-order valence-electron chi connectivity index (χ3n) is 3.16. The van der Waals surface area contributed by atoms with Crippen LogP contribution in [0.15, 0.2) is 0 Å². The molecule has 1 nitrogen and oxygen atoms in total. The summed E-state index contributed by atoms with van der Waals surface area (Å²) in [4.78, 5) is 2.63. The molecule has 0 aliphatic carbocycles. The van der Waals surface area contributed by atoms with Crippen LogP contribution in [0.5, 0.6) is 0 Å². The molecule has 0 atom stereocenters.